The molecule has 2 aromatic carbocycles. The standard InChI is InChI=1S/C22H22N6O3/c1-26-21(15-8-20(31-3)19(30-2)7-13(15)9-23)17(10-24)12-4-5-14-16(6-12)18(11-25)27-28-22(14)29/h4-8,10,24,26H,11,25H2,1-3H3,(H,28,29)/b21-17+,24-10?. The van der Waals surface area contributed by atoms with Crippen LogP contribution in [0.25, 0.3) is 22.0 Å². The number of nitriles is 1. The summed E-state index contributed by atoms with van der Waals surface area (Å²) in [7, 11) is 4.71. The predicted octanol–water partition coefficient (Wildman–Crippen LogP) is 2.01. The zero-order chi connectivity index (χ0) is 22.5. The number of aromatic nitrogens is 2. The van der Waals surface area contributed by atoms with Gasteiger partial charge < -0.3 is 25.9 Å². The highest BCUT2D eigenvalue weighted by molar-refractivity contribution is 6.19. The Morgan fingerprint density at radius 2 is 1.97 bits per heavy atom. The molecule has 9 heteroatoms. The number of hydrogen-bond acceptors (Lipinski definition) is 8. The van der Waals surface area contributed by atoms with Crippen molar-refractivity contribution >= 4 is 28.3 Å². The summed E-state index contributed by atoms with van der Waals surface area (Å²) in [6, 6.07) is 10.6. The van der Waals surface area contributed by atoms with Gasteiger partial charge in [-0.1, -0.05) is 6.07 Å². The lowest BCUT2D eigenvalue weighted by molar-refractivity contribution is 0.354. The Hall–Kier alpha value is -4.16. The molecule has 3 aromatic rings. The Labute approximate surface area is 178 Å². The van der Waals surface area contributed by atoms with E-state index in [9.17, 15) is 10.1 Å². The van der Waals surface area contributed by atoms with Crippen molar-refractivity contribution < 1.29 is 9.47 Å². The molecule has 158 valence electrons. The molecule has 0 aliphatic carbocycles. The number of H-pyrrole nitrogens is 1. The fourth-order valence-corrected chi connectivity index (χ4v) is 3.44. The highest BCUT2D eigenvalue weighted by Crippen LogP contribution is 2.35. The van der Waals surface area contributed by atoms with Gasteiger partial charge in [0.2, 0.25) is 0 Å². The van der Waals surface area contributed by atoms with Gasteiger partial charge in [0, 0.05) is 42.4 Å². The summed E-state index contributed by atoms with van der Waals surface area (Å²) in [5, 5.41) is 28.4. The summed E-state index contributed by atoms with van der Waals surface area (Å²) in [5.41, 5.74) is 8.61. The van der Waals surface area contributed by atoms with Crippen LogP contribution in [0, 0.1) is 16.7 Å². The van der Waals surface area contributed by atoms with E-state index in [4.69, 9.17) is 20.6 Å². The molecule has 0 bridgehead atoms. The Kier molecular flexibility index (Phi) is 6.33. The third-order valence-corrected chi connectivity index (χ3v) is 4.95. The molecular formula is C22H22N6O3. The van der Waals surface area contributed by atoms with Crippen molar-refractivity contribution in [3.8, 4) is 17.6 Å². The Bertz CT molecular complexity index is 1290. The van der Waals surface area contributed by atoms with Crippen LogP contribution in [0.4, 0.5) is 0 Å². The number of rotatable bonds is 7. The van der Waals surface area contributed by atoms with E-state index in [0.717, 1.165) is 0 Å². The van der Waals surface area contributed by atoms with Crippen molar-refractivity contribution in [2.24, 2.45) is 5.73 Å². The van der Waals surface area contributed by atoms with Gasteiger partial charge in [-0.2, -0.15) is 10.4 Å². The molecule has 0 unspecified atom stereocenters. The molecule has 0 amide bonds. The quantitative estimate of drug-likeness (QED) is 0.338. The molecule has 31 heavy (non-hydrogen) atoms. The molecule has 0 saturated carbocycles. The van der Waals surface area contributed by atoms with E-state index in [2.05, 4.69) is 21.6 Å². The van der Waals surface area contributed by atoms with E-state index in [-0.39, 0.29) is 12.1 Å². The minimum Gasteiger partial charge on any atom is -0.493 e. The number of nitrogens with one attached hydrogen (secondary N) is 3. The summed E-state index contributed by atoms with van der Waals surface area (Å²) in [6.45, 7) is 0.146. The summed E-state index contributed by atoms with van der Waals surface area (Å²) in [5.74, 6) is 0.881. The molecule has 0 radical (unpaired) electrons. The van der Waals surface area contributed by atoms with E-state index >= 15 is 0 Å². The molecule has 0 aliphatic heterocycles. The van der Waals surface area contributed by atoms with Gasteiger partial charge in [0.05, 0.1) is 42.6 Å². The molecule has 1 aromatic heterocycles. The number of aromatic amines is 1. The third-order valence-electron chi connectivity index (χ3n) is 4.95. The minimum absolute atomic E-state index is 0.146. The summed E-state index contributed by atoms with van der Waals surface area (Å²) >= 11 is 0. The van der Waals surface area contributed by atoms with Gasteiger partial charge in [-0.05, 0) is 23.8 Å². The van der Waals surface area contributed by atoms with Crippen LogP contribution in [0.3, 0.4) is 0 Å². The molecule has 3 rings (SSSR count). The number of allylic oxidation sites excluding steroid dienone is 1. The number of hydrogen-bond donors (Lipinski definition) is 4. The first-order valence-corrected chi connectivity index (χ1v) is 9.33. The lowest BCUT2D eigenvalue weighted by Crippen LogP contribution is -2.14. The second-order valence-corrected chi connectivity index (χ2v) is 6.51. The zero-order valence-corrected chi connectivity index (χ0v) is 17.4. The van der Waals surface area contributed by atoms with Crippen LogP contribution >= 0.6 is 0 Å². The molecule has 0 spiro atoms. The first kappa shape index (κ1) is 21.5. The fourth-order valence-electron chi connectivity index (χ4n) is 3.44. The molecule has 0 saturated heterocycles. The van der Waals surface area contributed by atoms with Gasteiger partial charge in [-0.25, -0.2) is 5.10 Å². The van der Waals surface area contributed by atoms with Gasteiger partial charge in [0.1, 0.15) is 0 Å². The average molecular weight is 418 g/mol. The van der Waals surface area contributed by atoms with Gasteiger partial charge in [-0.15, -0.1) is 0 Å². The molecule has 0 fully saturated rings. The lowest BCUT2D eigenvalue weighted by Gasteiger charge is -2.17. The van der Waals surface area contributed by atoms with Crippen molar-refractivity contribution in [3.63, 3.8) is 0 Å². The summed E-state index contributed by atoms with van der Waals surface area (Å²) < 4.78 is 10.7. The van der Waals surface area contributed by atoms with Crippen LogP contribution in [0.2, 0.25) is 0 Å². The number of nitrogens with zero attached hydrogens (tertiary/aromatic N) is 2. The second-order valence-electron chi connectivity index (χ2n) is 6.51. The fraction of sp³-hybridized carbons (Fsp3) is 0.182. The average Bonchev–Trinajstić information content (AvgIpc) is 2.81. The van der Waals surface area contributed by atoms with Crippen molar-refractivity contribution in [1.29, 1.82) is 10.7 Å². The van der Waals surface area contributed by atoms with Crippen LogP contribution in [0.15, 0.2) is 35.1 Å². The van der Waals surface area contributed by atoms with Gasteiger partial charge in [0.15, 0.2) is 11.5 Å². The van der Waals surface area contributed by atoms with E-state index in [1.807, 2.05) is 0 Å². The van der Waals surface area contributed by atoms with Crippen LogP contribution in [-0.2, 0) is 6.54 Å². The number of fused-ring (bicyclic) bond motifs is 1. The Morgan fingerprint density at radius 1 is 1.26 bits per heavy atom. The predicted molar refractivity (Wildman–Crippen MR) is 119 cm³/mol. The molecule has 9 nitrogen and oxygen atoms in total. The number of benzene rings is 2. The Balaban J connectivity index is 2.33. The maximum atomic E-state index is 12.1. The molecule has 0 atom stereocenters. The molecule has 0 aliphatic rings. The summed E-state index contributed by atoms with van der Waals surface area (Å²) in [4.78, 5) is 12.1. The monoisotopic (exact) mass is 418 g/mol. The normalized spacial score (nSPS) is 11.5. The third kappa shape index (κ3) is 3.84. The van der Waals surface area contributed by atoms with Crippen molar-refractivity contribution in [2.75, 3.05) is 21.3 Å². The van der Waals surface area contributed by atoms with Crippen LogP contribution < -0.4 is 26.1 Å². The first-order valence-electron chi connectivity index (χ1n) is 9.33. The summed E-state index contributed by atoms with van der Waals surface area (Å²) in [6.07, 6.45) is 1.19. The molecule has 1 heterocycles. The Morgan fingerprint density at radius 3 is 2.55 bits per heavy atom. The van der Waals surface area contributed by atoms with Crippen LogP contribution in [-0.4, -0.2) is 37.7 Å². The van der Waals surface area contributed by atoms with Crippen molar-refractivity contribution in [3.05, 3.63) is 63.1 Å². The highest BCUT2D eigenvalue weighted by atomic mass is 16.5. The number of methoxy groups -OCH3 is 2. The smallest absolute Gasteiger partial charge is 0.272 e. The van der Waals surface area contributed by atoms with Crippen molar-refractivity contribution in [1.82, 2.24) is 15.5 Å². The highest BCUT2D eigenvalue weighted by Gasteiger charge is 2.18. The van der Waals surface area contributed by atoms with Crippen LogP contribution in [0.5, 0.6) is 11.5 Å². The lowest BCUT2D eigenvalue weighted by atomic mass is 9.95. The van der Waals surface area contributed by atoms with E-state index in [0.29, 0.717) is 55.9 Å². The topological polar surface area (TPSA) is 150 Å². The molecular weight excluding hydrogens is 396 g/mol. The van der Waals surface area contributed by atoms with Crippen molar-refractivity contribution in [2.45, 2.75) is 6.54 Å². The van der Waals surface area contributed by atoms with E-state index in [1.165, 1.54) is 20.4 Å². The minimum atomic E-state index is -0.320. The van der Waals surface area contributed by atoms with Gasteiger partial charge >= 0.3 is 0 Å². The SMILES string of the molecule is CN/C(=C(\C=N)c1ccc2c(=O)[nH]nc(CN)c2c1)c1cc(OC)c(OC)cc1C#N. The number of ether oxygens (including phenoxy) is 2. The maximum Gasteiger partial charge on any atom is 0.272 e. The molecule has 5 N–H and O–H groups in total. The van der Waals surface area contributed by atoms with E-state index < -0.39 is 0 Å². The first-order chi connectivity index (χ1) is 15.0. The van der Waals surface area contributed by atoms with E-state index in [1.54, 1.807) is 37.4 Å². The largest absolute Gasteiger partial charge is 0.493 e. The maximum absolute atomic E-state index is 12.1. The van der Waals surface area contributed by atoms with Gasteiger partial charge in [-0.3, -0.25) is 4.79 Å². The number of nitrogens with two attached hydrogens (primary N) is 1. The zero-order valence-electron chi connectivity index (χ0n) is 17.4. The van der Waals surface area contributed by atoms with Gasteiger partial charge in [0.25, 0.3) is 5.56 Å². The van der Waals surface area contributed by atoms with Crippen LogP contribution in [0.1, 0.15) is 22.4 Å². The second kappa shape index (κ2) is 9.11.